The number of imidazole rings is 1. The summed E-state index contributed by atoms with van der Waals surface area (Å²) in [6.45, 7) is 0.627. The van der Waals surface area contributed by atoms with Crippen LogP contribution in [0.2, 0.25) is 0 Å². The molecule has 4 heteroatoms. The van der Waals surface area contributed by atoms with Crippen molar-refractivity contribution in [2.24, 2.45) is 16.6 Å². The maximum absolute atomic E-state index is 5.98. The van der Waals surface area contributed by atoms with E-state index < -0.39 is 0 Å². The van der Waals surface area contributed by atoms with Crippen LogP contribution < -0.4 is 5.73 Å². The van der Waals surface area contributed by atoms with Crippen LogP contribution in [0.1, 0.15) is 37.8 Å². The molecule has 15 heavy (non-hydrogen) atoms. The average Bonchev–Trinajstić information content (AvgIpc) is 2.80. The fourth-order valence-electron chi connectivity index (χ4n) is 2.08. The van der Waals surface area contributed by atoms with Gasteiger partial charge in [0, 0.05) is 12.1 Å². The van der Waals surface area contributed by atoms with Crippen molar-refractivity contribution in [1.29, 1.82) is 0 Å². The molecule has 1 aliphatic carbocycles. The predicted molar refractivity (Wildman–Crippen MR) is 60.5 cm³/mol. The van der Waals surface area contributed by atoms with Crippen molar-refractivity contribution < 1.29 is 0 Å². The zero-order valence-electron chi connectivity index (χ0n) is 8.95. The fraction of sp³-hybridized carbons (Fsp3) is 0.636. The van der Waals surface area contributed by atoms with E-state index >= 15 is 0 Å². The highest BCUT2D eigenvalue weighted by Crippen LogP contribution is 2.23. The second-order valence-electron chi connectivity index (χ2n) is 4.15. The number of hydrogen-bond donors (Lipinski definition) is 2. The van der Waals surface area contributed by atoms with E-state index in [0.29, 0.717) is 12.5 Å². The lowest BCUT2D eigenvalue weighted by Crippen LogP contribution is -2.25. The summed E-state index contributed by atoms with van der Waals surface area (Å²) in [5.74, 6) is 1.34. The number of nitrogens with zero attached hydrogens (tertiary/aromatic N) is 2. The quantitative estimate of drug-likeness (QED) is 0.585. The lowest BCUT2D eigenvalue weighted by molar-refractivity contribution is 0.436. The summed E-state index contributed by atoms with van der Waals surface area (Å²) in [5.41, 5.74) is 7.00. The summed E-state index contributed by atoms with van der Waals surface area (Å²) >= 11 is 0. The number of H-pyrrole nitrogens is 1. The molecule has 0 atom stereocenters. The molecule has 3 N–H and O–H groups in total. The van der Waals surface area contributed by atoms with Gasteiger partial charge in [-0.15, -0.1) is 0 Å². The van der Waals surface area contributed by atoms with Crippen LogP contribution in [0.4, 0.5) is 0 Å². The van der Waals surface area contributed by atoms with Gasteiger partial charge in [-0.1, -0.05) is 19.3 Å². The zero-order valence-corrected chi connectivity index (χ0v) is 8.95. The molecule has 0 unspecified atom stereocenters. The maximum Gasteiger partial charge on any atom is 0.0973 e. The summed E-state index contributed by atoms with van der Waals surface area (Å²) in [6.07, 6.45) is 9.82. The number of amidine groups is 1. The number of aliphatic imine (C=N–C) groups is 1. The molecule has 1 aromatic heterocycles. The fourth-order valence-corrected chi connectivity index (χ4v) is 2.08. The Hall–Kier alpha value is -1.32. The van der Waals surface area contributed by atoms with Crippen LogP contribution >= 0.6 is 0 Å². The Kier molecular flexibility index (Phi) is 3.37. The Bertz CT molecular complexity index is 309. The second-order valence-corrected chi connectivity index (χ2v) is 4.15. The Morgan fingerprint density at radius 1 is 1.47 bits per heavy atom. The van der Waals surface area contributed by atoms with Gasteiger partial charge >= 0.3 is 0 Å². The average molecular weight is 206 g/mol. The minimum absolute atomic E-state index is 0.515. The van der Waals surface area contributed by atoms with Crippen molar-refractivity contribution in [3.05, 3.63) is 18.2 Å². The SMILES string of the molecule is NC(=NCc1cnc[nH]1)C1CCCCC1. The highest BCUT2D eigenvalue weighted by Gasteiger charge is 2.16. The molecule has 0 amide bonds. The van der Waals surface area contributed by atoms with Gasteiger partial charge in [-0.05, 0) is 12.8 Å². The van der Waals surface area contributed by atoms with E-state index in [4.69, 9.17) is 5.73 Å². The molecule has 0 saturated heterocycles. The van der Waals surface area contributed by atoms with Crippen LogP contribution in [0, 0.1) is 5.92 Å². The van der Waals surface area contributed by atoms with Gasteiger partial charge < -0.3 is 10.7 Å². The van der Waals surface area contributed by atoms with Gasteiger partial charge in [-0.2, -0.15) is 0 Å². The number of aromatic amines is 1. The first kappa shape index (κ1) is 10.2. The van der Waals surface area contributed by atoms with E-state index in [0.717, 1.165) is 11.5 Å². The van der Waals surface area contributed by atoms with Crippen LogP contribution in [-0.2, 0) is 6.54 Å². The van der Waals surface area contributed by atoms with E-state index in [1.54, 1.807) is 12.5 Å². The summed E-state index contributed by atoms with van der Waals surface area (Å²) in [5, 5.41) is 0. The van der Waals surface area contributed by atoms with Gasteiger partial charge in [0.1, 0.15) is 0 Å². The molecular weight excluding hydrogens is 188 g/mol. The Labute approximate surface area is 90.0 Å². The normalized spacial score (nSPS) is 19.3. The van der Waals surface area contributed by atoms with Crippen molar-refractivity contribution in [3.63, 3.8) is 0 Å². The molecule has 4 nitrogen and oxygen atoms in total. The molecule has 1 aliphatic rings. The van der Waals surface area contributed by atoms with Gasteiger partial charge in [-0.3, -0.25) is 4.99 Å². The number of nitrogens with two attached hydrogens (primary N) is 1. The summed E-state index contributed by atoms with van der Waals surface area (Å²) in [6, 6.07) is 0. The molecule has 1 heterocycles. The van der Waals surface area contributed by atoms with Crippen LogP contribution in [0.3, 0.4) is 0 Å². The van der Waals surface area contributed by atoms with Crippen molar-refractivity contribution in [2.75, 3.05) is 0 Å². The predicted octanol–water partition coefficient (Wildman–Crippen LogP) is 1.85. The van der Waals surface area contributed by atoms with Crippen LogP contribution in [0.25, 0.3) is 0 Å². The molecule has 1 fully saturated rings. The first-order valence-electron chi connectivity index (χ1n) is 5.63. The molecule has 0 bridgehead atoms. The standard InChI is InChI=1S/C11H18N4/c12-11(9-4-2-1-3-5-9)14-7-10-6-13-8-15-10/h6,8-9H,1-5,7H2,(H2,12,14)(H,13,15). The summed E-state index contributed by atoms with van der Waals surface area (Å²) in [7, 11) is 0. The maximum atomic E-state index is 5.98. The van der Waals surface area contributed by atoms with Crippen molar-refractivity contribution in [3.8, 4) is 0 Å². The van der Waals surface area contributed by atoms with Gasteiger partial charge in [0.25, 0.3) is 0 Å². The topological polar surface area (TPSA) is 67.1 Å². The van der Waals surface area contributed by atoms with Crippen molar-refractivity contribution >= 4 is 5.84 Å². The zero-order chi connectivity index (χ0) is 10.5. The van der Waals surface area contributed by atoms with E-state index in [2.05, 4.69) is 15.0 Å². The van der Waals surface area contributed by atoms with Crippen LogP contribution in [0.5, 0.6) is 0 Å². The van der Waals surface area contributed by atoms with Gasteiger partial charge in [0.15, 0.2) is 0 Å². The first-order chi connectivity index (χ1) is 7.36. The summed E-state index contributed by atoms with van der Waals surface area (Å²) in [4.78, 5) is 11.4. The van der Waals surface area contributed by atoms with Gasteiger partial charge in [0.05, 0.1) is 24.4 Å². The smallest absolute Gasteiger partial charge is 0.0973 e. The Morgan fingerprint density at radius 2 is 2.27 bits per heavy atom. The highest BCUT2D eigenvalue weighted by molar-refractivity contribution is 5.82. The molecule has 1 saturated carbocycles. The third-order valence-electron chi connectivity index (χ3n) is 3.01. The monoisotopic (exact) mass is 206 g/mol. The second kappa shape index (κ2) is 4.96. The molecule has 0 spiro atoms. The minimum Gasteiger partial charge on any atom is -0.387 e. The molecule has 0 radical (unpaired) electrons. The molecule has 1 aromatic rings. The molecule has 82 valence electrons. The van der Waals surface area contributed by atoms with E-state index in [1.807, 2.05) is 0 Å². The third kappa shape index (κ3) is 2.81. The van der Waals surface area contributed by atoms with Crippen molar-refractivity contribution in [2.45, 2.75) is 38.6 Å². The Morgan fingerprint density at radius 3 is 2.93 bits per heavy atom. The van der Waals surface area contributed by atoms with E-state index in [9.17, 15) is 0 Å². The van der Waals surface area contributed by atoms with Crippen LogP contribution in [0.15, 0.2) is 17.5 Å². The molecular formula is C11H18N4. The number of rotatable bonds is 3. The van der Waals surface area contributed by atoms with E-state index in [-0.39, 0.29) is 0 Å². The van der Waals surface area contributed by atoms with Gasteiger partial charge in [0.2, 0.25) is 0 Å². The Balaban J connectivity index is 1.88. The largest absolute Gasteiger partial charge is 0.387 e. The van der Waals surface area contributed by atoms with Crippen LogP contribution in [-0.4, -0.2) is 15.8 Å². The third-order valence-corrected chi connectivity index (χ3v) is 3.01. The summed E-state index contributed by atoms with van der Waals surface area (Å²) < 4.78 is 0. The lowest BCUT2D eigenvalue weighted by atomic mass is 9.88. The molecule has 0 aromatic carbocycles. The molecule has 2 rings (SSSR count). The van der Waals surface area contributed by atoms with E-state index in [1.165, 1.54) is 32.1 Å². The van der Waals surface area contributed by atoms with Crippen molar-refractivity contribution in [1.82, 2.24) is 9.97 Å². The lowest BCUT2D eigenvalue weighted by Gasteiger charge is -2.20. The first-order valence-corrected chi connectivity index (χ1v) is 5.63. The highest BCUT2D eigenvalue weighted by atomic mass is 14.9. The minimum atomic E-state index is 0.515. The number of nitrogens with one attached hydrogen (secondary N) is 1. The number of hydrogen-bond acceptors (Lipinski definition) is 2. The molecule has 0 aliphatic heterocycles. The number of aromatic nitrogens is 2. The van der Waals surface area contributed by atoms with Gasteiger partial charge in [-0.25, -0.2) is 4.98 Å².